The molecule has 3 heterocycles. The number of urea groups is 1. The number of alkyl halides is 3. The molecule has 1 aliphatic carbocycles. The van der Waals surface area contributed by atoms with Crippen molar-refractivity contribution in [3.05, 3.63) is 57.8 Å². The summed E-state index contributed by atoms with van der Waals surface area (Å²) in [5, 5.41) is 5.06. The van der Waals surface area contributed by atoms with Crippen molar-refractivity contribution in [2.45, 2.75) is 37.9 Å². The lowest BCUT2D eigenvalue weighted by molar-refractivity contribution is -0.116. The predicted octanol–water partition coefficient (Wildman–Crippen LogP) is 5.25. The molecule has 41 heavy (non-hydrogen) atoms. The van der Waals surface area contributed by atoms with Gasteiger partial charge in [-0.3, -0.25) is 4.79 Å². The van der Waals surface area contributed by atoms with E-state index in [1.165, 1.54) is 18.3 Å². The first-order valence-corrected chi connectivity index (χ1v) is 15.3. The van der Waals surface area contributed by atoms with Gasteiger partial charge in [-0.25, -0.2) is 19.1 Å². The minimum absolute atomic E-state index is 0.108. The van der Waals surface area contributed by atoms with Crippen LogP contribution in [-0.2, 0) is 9.53 Å². The number of hydrogen-bond acceptors (Lipinski definition) is 6. The average molecular weight is 688 g/mol. The Bertz CT molecular complexity index is 1350. The molecule has 0 bridgehead atoms. The van der Waals surface area contributed by atoms with E-state index in [1.54, 1.807) is 41.1 Å². The Morgan fingerprint density at radius 1 is 1.05 bits per heavy atom. The van der Waals surface area contributed by atoms with Gasteiger partial charge in [0.1, 0.15) is 15.2 Å². The van der Waals surface area contributed by atoms with Gasteiger partial charge in [0.05, 0.1) is 17.6 Å². The number of ether oxygens (including phenoxy) is 1. The van der Waals surface area contributed by atoms with Crippen molar-refractivity contribution < 1.29 is 31.9 Å². The van der Waals surface area contributed by atoms with E-state index in [1.807, 2.05) is 4.90 Å². The highest BCUT2D eigenvalue weighted by Crippen LogP contribution is 2.43. The van der Waals surface area contributed by atoms with E-state index < -0.39 is 54.0 Å². The van der Waals surface area contributed by atoms with E-state index >= 15 is 0 Å². The third-order valence-corrected chi connectivity index (χ3v) is 10.3. The number of rotatable bonds is 6. The Balaban J connectivity index is 1.17. The molecule has 1 aromatic carbocycles. The largest absolute Gasteiger partial charge is 0.434 e. The third-order valence-electron chi connectivity index (χ3n) is 7.18. The van der Waals surface area contributed by atoms with Crippen LogP contribution in [0.4, 0.5) is 39.5 Å². The lowest BCUT2D eigenvalue weighted by Crippen LogP contribution is -2.50. The van der Waals surface area contributed by atoms with Crippen LogP contribution in [0, 0.1) is 5.82 Å². The van der Waals surface area contributed by atoms with Crippen LogP contribution in [-0.4, -0.2) is 76.0 Å². The van der Waals surface area contributed by atoms with Crippen molar-refractivity contribution in [2.75, 3.05) is 48.8 Å². The second kappa shape index (κ2) is 12.3. The molecule has 3 amide bonds. The number of carbonyl (C=O) groups is 2. The van der Waals surface area contributed by atoms with E-state index in [0.717, 1.165) is 25.7 Å². The fourth-order valence-corrected chi connectivity index (χ4v) is 7.38. The maximum Gasteiger partial charge on any atom is 0.425 e. The predicted molar refractivity (Wildman–Crippen MR) is 155 cm³/mol. The number of halogens is 5. The molecule has 1 aromatic heterocycles. The minimum atomic E-state index is -4.66. The standard InChI is InChI=1S/C27H29F4IN6O3/c1-36(18-6-2-3-7-18)25-32-23(27(29,30)31)22(41-25)24(39)34-17-10-11-21(33-16-17)37-12-14-38(15-13-37)26(40)35-20-9-5-4-8-19(20)28/h4-5,8-11,16,18H,2-3,6-7,12-15H2,1H3,(H,34,39)(H,35,40). The number of nitrogens with one attached hydrogen (secondary N) is 2. The summed E-state index contributed by atoms with van der Waals surface area (Å²) in [4.78, 5) is 35.0. The fraction of sp³-hybridized carbons (Fsp3) is 0.407. The van der Waals surface area contributed by atoms with E-state index in [4.69, 9.17) is 4.74 Å². The fourth-order valence-electron chi connectivity index (χ4n) is 4.90. The number of benzene rings is 1. The number of carbonyl (C=O) groups excluding carboxylic acids is 2. The van der Waals surface area contributed by atoms with Gasteiger partial charge < -0.3 is 25.2 Å². The summed E-state index contributed by atoms with van der Waals surface area (Å²) < 4.78 is 60.1. The Kier molecular flexibility index (Phi) is 8.77. The number of para-hydroxylation sites is 1. The molecule has 2 aliphatic heterocycles. The number of piperazine rings is 1. The van der Waals surface area contributed by atoms with Gasteiger partial charge in [0.2, 0.25) is 9.58 Å². The number of anilines is 3. The Hall–Kier alpha value is -3.27. The summed E-state index contributed by atoms with van der Waals surface area (Å²) in [6.45, 7) is 1.69. The van der Waals surface area contributed by atoms with Gasteiger partial charge in [-0.05, 0) is 64.9 Å². The van der Waals surface area contributed by atoms with Crippen LogP contribution in [0.5, 0.6) is 0 Å². The molecule has 2 N–H and O–H groups in total. The molecule has 0 spiro atoms. The molecule has 220 valence electrons. The summed E-state index contributed by atoms with van der Waals surface area (Å²) in [6.07, 6.45) is 0.550. The number of allylic oxidation sites excluding steroid dienone is 1. The second-order valence-electron chi connectivity index (χ2n) is 9.88. The molecular weight excluding hydrogens is 659 g/mol. The molecule has 3 aliphatic rings. The van der Waals surface area contributed by atoms with Gasteiger partial charge in [0.25, 0.3) is 5.91 Å². The minimum Gasteiger partial charge on any atom is -0.434 e. The van der Waals surface area contributed by atoms with Crippen LogP contribution >= 0.6 is 20.7 Å². The first kappa shape index (κ1) is 29.2. The molecule has 14 heteroatoms. The third kappa shape index (κ3) is 6.80. The highest BCUT2D eigenvalue weighted by Gasteiger charge is 2.44. The lowest BCUT2D eigenvalue weighted by Gasteiger charge is -2.35. The van der Waals surface area contributed by atoms with Gasteiger partial charge >= 0.3 is 12.2 Å². The summed E-state index contributed by atoms with van der Waals surface area (Å²) in [5.41, 5.74) is 0.340. The summed E-state index contributed by atoms with van der Waals surface area (Å²) in [7, 11) is 1.73. The van der Waals surface area contributed by atoms with Gasteiger partial charge in [0, 0.05) is 32.2 Å². The smallest absolute Gasteiger partial charge is 0.425 e. The Morgan fingerprint density at radius 2 is 1.76 bits per heavy atom. The molecule has 1 saturated carbocycles. The van der Waals surface area contributed by atoms with Crippen molar-refractivity contribution in [3.8, 4) is 0 Å². The second-order valence-corrected chi connectivity index (χ2v) is 12.4. The van der Waals surface area contributed by atoms with Crippen LogP contribution in [0.3, 0.4) is 0 Å². The normalized spacial score (nSPS) is 18.2. The average Bonchev–Trinajstić information content (AvgIpc) is 3.66. The van der Waals surface area contributed by atoms with E-state index in [9.17, 15) is 27.2 Å². The number of pyridine rings is 1. The van der Waals surface area contributed by atoms with Crippen LogP contribution in [0.15, 0.2) is 51.9 Å². The van der Waals surface area contributed by atoms with Crippen molar-refractivity contribution in [2.24, 2.45) is 0 Å². The van der Waals surface area contributed by atoms with Gasteiger partial charge in [0.15, 0.2) is 0 Å². The van der Waals surface area contributed by atoms with Crippen molar-refractivity contribution >= 4 is 53.7 Å². The van der Waals surface area contributed by atoms with Crippen LogP contribution < -0.4 is 15.5 Å². The summed E-state index contributed by atoms with van der Waals surface area (Å²) in [5.74, 6) is -1.59. The van der Waals surface area contributed by atoms with Gasteiger partial charge in [-0.2, -0.15) is 13.2 Å². The zero-order valence-electron chi connectivity index (χ0n) is 22.2. The van der Waals surface area contributed by atoms with E-state index in [-0.39, 0.29) is 21.2 Å². The number of amides is 3. The Morgan fingerprint density at radius 3 is 2.39 bits per heavy atom. The van der Waals surface area contributed by atoms with Crippen LogP contribution in [0.1, 0.15) is 25.7 Å². The first-order chi connectivity index (χ1) is 19.6. The van der Waals surface area contributed by atoms with Crippen LogP contribution in [0.2, 0.25) is 0 Å². The molecule has 0 unspecified atom stereocenters. The van der Waals surface area contributed by atoms with E-state index in [0.29, 0.717) is 32.0 Å². The maximum atomic E-state index is 13.8. The van der Waals surface area contributed by atoms with Gasteiger partial charge in [-0.1, -0.05) is 25.0 Å². The molecule has 0 radical (unpaired) electrons. The molecule has 9 nitrogen and oxygen atoms in total. The Labute approximate surface area is 244 Å². The highest BCUT2D eigenvalue weighted by molar-refractivity contribution is 14.2. The monoisotopic (exact) mass is 688 g/mol. The molecule has 5 rings (SSSR count). The molecular formula is C27H29F4IN6O3. The summed E-state index contributed by atoms with van der Waals surface area (Å²) >= 11 is -1.69. The molecule has 2 fully saturated rings. The molecule has 0 atom stereocenters. The lowest BCUT2D eigenvalue weighted by atomic mass is 10.2. The topological polar surface area (TPSA) is 90.0 Å². The van der Waals surface area contributed by atoms with Crippen molar-refractivity contribution in [3.63, 3.8) is 0 Å². The zero-order valence-corrected chi connectivity index (χ0v) is 24.3. The number of nitrogens with zero attached hydrogens (tertiary/aromatic N) is 4. The maximum absolute atomic E-state index is 13.8. The SMILES string of the molecule is CN(C1=IC(C(F)(F)F)=C(C(=O)Nc2ccc(N3CCN(C(=O)Nc4ccccc4F)CC3)nc2)O1)C1CCCC1. The van der Waals surface area contributed by atoms with Crippen molar-refractivity contribution in [1.82, 2.24) is 14.8 Å². The first-order valence-electron chi connectivity index (χ1n) is 13.2. The zero-order chi connectivity index (χ0) is 29.1. The number of hydrogen-bond donors (Lipinski definition) is 2. The highest BCUT2D eigenvalue weighted by atomic mass is 127. The molecule has 1 saturated heterocycles. The van der Waals surface area contributed by atoms with Crippen molar-refractivity contribution in [1.29, 1.82) is 0 Å². The van der Waals surface area contributed by atoms with Gasteiger partial charge in [-0.15, -0.1) is 0 Å². The number of aromatic nitrogens is 1. The quantitative estimate of drug-likeness (QED) is 0.319. The summed E-state index contributed by atoms with van der Waals surface area (Å²) in [6, 6.07) is 8.86. The van der Waals surface area contributed by atoms with Crippen LogP contribution in [0.25, 0.3) is 0 Å². The van der Waals surface area contributed by atoms with E-state index in [2.05, 4.69) is 15.6 Å². The molecule has 2 aromatic rings.